The number of likely N-dealkylation sites (tertiary alicyclic amines) is 1. The molecule has 0 spiro atoms. The van der Waals surface area contributed by atoms with Gasteiger partial charge in [-0.3, -0.25) is 4.90 Å². The van der Waals surface area contributed by atoms with Crippen LogP contribution in [0.4, 0.5) is 0 Å². The van der Waals surface area contributed by atoms with Gasteiger partial charge in [-0.1, -0.05) is 67.1 Å². The molecular weight excluding hydrogens is 258 g/mol. The Balaban J connectivity index is 1.75. The number of hydrogen-bond acceptors (Lipinski definition) is 2. The number of rotatable bonds is 4. The van der Waals surface area contributed by atoms with Crippen LogP contribution in [-0.2, 0) is 6.54 Å². The largest absolute Gasteiger partial charge is 0.387 e. The topological polar surface area (TPSA) is 23.5 Å². The normalized spacial score (nSPS) is 21.1. The molecule has 1 heterocycles. The highest BCUT2D eigenvalue weighted by molar-refractivity contribution is 5.20. The summed E-state index contributed by atoms with van der Waals surface area (Å²) in [5.41, 5.74) is 2.35. The van der Waals surface area contributed by atoms with E-state index in [2.05, 4.69) is 35.2 Å². The maximum Gasteiger partial charge on any atom is 0.0945 e. The monoisotopic (exact) mass is 281 g/mol. The van der Waals surface area contributed by atoms with E-state index < -0.39 is 6.10 Å². The first-order valence-corrected chi connectivity index (χ1v) is 7.85. The molecule has 0 bridgehead atoms. The second kappa shape index (κ2) is 6.88. The Bertz CT molecular complexity index is 540. The lowest BCUT2D eigenvalue weighted by Gasteiger charge is -2.38. The molecule has 2 aromatic rings. The lowest BCUT2D eigenvalue weighted by molar-refractivity contribution is 0.0202. The molecule has 21 heavy (non-hydrogen) atoms. The highest BCUT2D eigenvalue weighted by Gasteiger charge is 2.29. The number of piperidine rings is 1. The third kappa shape index (κ3) is 3.52. The van der Waals surface area contributed by atoms with Gasteiger partial charge in [0.05, 0.1) is 6.10 Å². The molecule has 2 nitrogen and oxygen atoms in total. The summed E-state index contributed by atoms with van der Waals surface area (Å²) in [6.45, 7) is 2.00. The summed E-state index contributed by atoms with van der Waals surface area (Å²) in [5, 5.41) is 10.8. The zero-order valence-electron chi connectivity index (χ0n) is 12.4. The van der Waals surface area contributed by atoms with Crippen LogP contribution >= 0.6 is 0 Å². The quantitative estimate of drug-likeness (QED) is 0.922. The minimum atomic E-state index is -0.393. The molecule has 2 aromatic carbocycles. The average Bonchev–Trinajstić information content (AvgIpc) is 2.56. The lowest BCUT2D eigenvalue weighted by atomic mass is 9.92. The van der Waals surface area contributed by atoms with Crippen molar-refractivity contribution in [2.75, 3.05) is 6.54 Å². The molecule has 0 radical (unpaired) electrons. The van der Waals surface area contributed by atoms with Gasteiger partial charge in [0, 0.05) is 12.6 Å². The summed E-state index contributed by atoms with van der Waals surface area (Å²) in [6.07, 6.45) is 3.11. The van der Waals surface area contributed by atoms with Gasteiger partial charge < -0.3 is 5.11 Å². The van der Waals surface area contributed by atoms with Gasteiger partial charge in [0.2, 0.25) is 0 Å². The summed E-state index contributed by atoms with van der Waals surface area (Å²) in [7, 11) is 0. The van der Waals surface area contributed by atoms with Crippen molar-refractivity contribution < 1.29 is 5.11 Å². The van der Waals surface area contributed by atoms with Crippen molar-refractivity contribution in [2.45, 2.75) is 38.0 Å². The molecule has 3 rings (SSSR count). The Morgan fingerprint density at radius 3 is 2.33 bits per heavy atom. The van der Waals surface area contributed by atoms with Crippen LogP contribution in [0.2, 0.25) is 0 Å². The Labute approximate surface area is 127 Å². The Morgan fingerprint density at radius 2 is 1.62 bits per heavy atom. The summed E-state index contributed by atoms with van der Waals surface area (Å²) in [6, 6.07) is 20.8. The highest BCUT2D eigenvalue weighted by Crippen LogP contribution is 2.29. The Morgan fingerprint density at radius 1 is 0.952 bits per heavy atom. The van der Waals surface area contributed by atoms with Gasteiger partial charge in [0.15, 0.2) is 0 Å². The van der Waals surface area contributed by atoms with E-state index >= 15 is 0 Å². The summed E-state index contributed by atoms with van der Waals surface area (Å²) < 4.78 is 0. The third-order valence-corrected chi connectivity index (χ3v) is 4.40. The predicted molar refractivity (Wildman–Crippen MR) is 85.9 cm³/mol. The predicted octanol–water partition coefficient (Wildman–Crippen LogP) is 3.77. The molecule has 2 atom stereocenters. The van der Waals surface area contributed by atoms with Crippen molar-refractivity contribution in [3.8, 4) is 0 Å². The van der Waals surface area contributed by atoms with Crippen LogP contribution < -0.4 is 0 Å². The minimum Gasteiger partial charge on any atom is -0.387 e. The zero-order chi connectivity index (χ0) is 14.5. The average molecular weight is 281 g/mol. The van der Waals surface area contributed by atoms with Crippen LogP contribution in [0.15, 0.2) is 60.7 Å². The fourth-order valence-corrected chi connectivity index (χ4v) is 3.26. The molecule has 0 aromatic heterocycles. The fraction of sp³-hybridized carbons (Fsp3) is 0.368. The number of nitrogens with zero attached hydrogens (tertiary/aromatic N) is 1. The molecule has 1 saturated heterocycles. The SMILES string of the molecule is OC(c1ccccc1)C1CCCCN1Cc1ccccc1. The van der Waals surface area contributed by atoms with E-state index in [4.69, 9.17) is 0 Å². The van der Waals surface area contributed by atoms with Crippen LogP contribution in [0.1, 0.15) is 36.5 Å². The van der Waals surface area contributed by atoms with E-state index in [0.29, 0.717) is 0 Å². The van der Waals surface area contributed by atoms with E-state index in [1.807, 2.05) is 30.3 Å². The standard InChI is InChI=1S/C19H23NO/c21-19(17-11-5-2-6-12-17)18-13-7-8-14-20(18)15-16-9-3-1-4-10-16/h1-6,9-12,18-19,21H,7-8,13-15H2. The van der Waals surface area contributed by atoms with Gasteiger partial charge in [-0.05, 0) is 30.5 Å². The van der Waals surface area contributed by atoms with Gasteiger partial charge in [-0.2, -0.15) is 0 Å². The van der Waals surface area contributed by atoms with Gasteiger partial charge in [-0.15, -0.1) is 0 Å². The van der Waals surface area contributed by atoms with Crippen molar-refractivity contribution in [2.24, 2.45) is 0 Å². The second-order valence-corrected chi connectivity index (χ2v) is 5.87. The molecule has 110 valence electrons. The van der Waals surface area contributed by atoms with Crippen molar-refractivity contribution in [3.63, 3.8) is 0 Å². The van der Waals surface area contributed by atoms with E-state index in [-0.39, 0.29) is 6.04 Å². The third-order valence-electron chi connectivity index (χ3n) is 4.40. The first-order chi connectivity index (χ1) is 10.3. The second-order valence-electron chi connectivity index (χ2n) is 5.87. The first kappa shape index (κ1) is 14.3. The van der Waals surface area contributed by atoms with Crippen LogP contribution in [0.5, 0.6) is 0 Å². The van der Waals surface area contributed by atoms with E-state index in [9.17, 15) is 5.11 Å². The number of aliphatic hydroxyl groups excluding tert-OH is 1. The van der Waals surface area contributed by atoms with Crippen molar-refractivity contribution >= 4 is 0 Å². The van der Waals surface area contributed by atoms with E-state index in [1.165, 1.54) is 18.4 Å². The Hall–Kier alpha value is -1.64. The van der Waals surface area contributed by atoms with Crippen LogP contribution in [0.3, 0.4) is 0 Å². The van der Waals surface area contributed by atoms with Crippen LogP contribution in [0, 0.1) is 0 Å². The first-order valence-electron chi connectivity index (χ1n) is 7.85. The molecular formula is C19H23NO. The van der Waals surface area contributed by atoms with Crippen LogP contribution in [-0.4, -0.2) is 22.6 Å². The molecule has 2 unspecified atom stereocenters. The molecule has 1 fully saturated rings. The fourth-order valence-electron chi connectivity index (χ4n) is 3.26. The van der Waals surface area contributed by atoms with Crippen molar-refractivity contribution in [1.82, 2.24) is 4.90 Å². The zero-order valence-corrected chi connectivity index (χ0v) is 12.4. The molecule has 1 N–H and O–H groups in total. The summed E-state index contributed by atoms with van der Waals surface area (Å²) in [5.74, 6) is 0. The molecule has 1 aliphatic heterocycles. The van der Waals surface area contributed by atoms with Crippen LogP contribution in [0.25, 0.3) is 0 Å². The maximum absolute atomic E-state index is 10.8. The Kier molecular flexibility index (Phi) is 4.69. The van der Waals surface area contributed by atoms with E-state index in [0.717, 1.165) is 25.1 Å². The van der Waals surface area contributed by atoms with Gasteiger partial charge in [0.25, 0.3) is 0 Å². The number of hydrogen-bond donors (Lipinski definition) is 1. The molecule has 0 amide bonds. The number of aliphatic hydroxyl groups is 1. The molecule has 2 heteroatoms. The number of benzene rings is 2. The minimum absolute atomic E-state index is 0.223. The van der Waals surface area contributed by atoms with E-state index in [1.54, 1.807) is 0 Å². The lowest BCUT2D eigenvalue weighted by Crippen LogP contribution is -2.42. The highest BCUT2D eigenvalue weighted by atomic mass is 16.3. The smallest absolute Gasteiger partial charge is 0.0945 e. The van der Waals surface area contributed by atoms with Gasteiger partial charge >= 0.3 is 0 Å². The summed E-state index contributed by atoms with van der Waals surface area (Å²) in [4.78, 5) is 2.44. The van der Waals surface area contributed by atoms with Crippen molar-refractivity contribution in [1.29, 1.82) is 0 Å². The maximum atomic E-state index is 10.8. The summed E-state index contributed by atoms with van der Waals surface area (Å²) >= 11 is 0. The van der Waals surface area contributed by atoms with Gasteiger partial charge in [-0.25, -0.2) is 0 Å². The van der Waals surface area contributed by atoms with Crippen molar-refractivity contribution in [3.05, 3.63) is 71.8 Å². The molecule has 0 aliphatic carbocycles. The molecule has 1 aliphatic rings. The molecule has 0 saturated carbocycles. The van der Waals surface area contributed by atoms with Gasteiger partial charge in [0.1, 0.15) is 0 Å².